The van der Waals surface area contributed by atoms with E-state index in [0.29, 0.717) is 30.0 Å². The first-order valence-corrected chi connectivity index (χ1v) is 21.4. The molecule has 0 aliphatic carbocycles. The van der Waals surface area contributed by atoms with Crippen molar-refractivity contribution in [2.45, 2.75) is 123 Å². The van der Waals surface area contributed by atoms with Crippen molar-refractivity contribution in [2.24, 2.45) is 5.11 Å². The molecule has 2 saturated heterocycles. The molecule has 336 valence electrons. The minimum absolute atomic E-state index is 0.0450. The van der Waals surface area contributed by atoms with Gasteiger partial charge in [-0.25, -0.2) is 4.79 Å². The maximum absolute atomic E-state index is 14.6. The van der Waals surface area contributed by atoms with Gasteiger partial charge in [0, 0.05) is 36.3 Å². The van der Waals surface area contributed by atoms with Gasteiger partial charge >= 0.3 is 11.7 Å². The van der Waals surface area contributed by atoms with Crippen LogP contribution in [0.4, 0.5) is 0 Å². The first-order chi connectivity index (χ1) is 30.6. The molecule has 0 bridgehead atoms. The summed E-state index contributed by atoms with van der Waals surface area (Å²) in [5.74, 6) is -1.57. The Morgan fingerprint density at radius 2 is 1.56 bits per heavy atom. The number of hydrogen-bond donors (Lipinski definition) is 1. The number of rotatable bonds is 16. The molecule has 2 aliphatic heterocycles. The Kier molecular flexibility index (Phi) is 13.9. The number of aliphatic hydroxyl groups is 1. The fraction of sp³-hybridized carbons (Fsp3) is 0.408. The molecule has 0 saturated carbocycles. The summed E-state index contributed by atoms with van der Waals surface area (Å²) in [6, 6.07) is 27.7. The number of carbonyl (C=O) groups is 1. The molecule has 15 nitrogen and oxygen atoms in total. The quantitative estimate of drug-likeness (QED) is 0.0464. The lowest BCUT2D eigenvalue weighted by Crippen LogP contribution is -2.48. The maximum atomic E-state index is 14.6. The SMILES string of the molecule is COc1ccc(Cn2c(=O)ccn([C@@H]3O[C@H]([C@@H](O)[C@@H](N=[N+]=[N-])C(=O)OC(c4ccccc4)C(C)N(Cc4ccccc4C)Cc4c(C)cc(C)cc4C)[C@H]4OC(C)(C)O[C@H]43)c2=O)cc1. The highest BCUT2D eigenvalue weighted by molar-refractivity contribution is 5.77. The Balaban J connectivity index is 1.20. The summed E-state index contributed by atoms with van der Waals surface area (Å²) in [7, 11) is 1.54. The van der Waals surface area contributed by atoms with Crippen LogP contribution < -0.4 is 16.0 Å². The van der Waals surface area contributed by atoms with E-state index < -0.39 is 71.8 Å². The first-order valence-electron chi connectivity index (χ1n) is 21.4. The third-order valence-corrected chi connectivity index (χ3v) is 12.2. The zero-order valence-electron chi connectivity index (χ0n) is 37.5. The number of fused-ring (bicyclic) bond motifs is 1. The molecule has 0 amide bonds. The number of hydrogen-bond acceptors (Lipinski definition) is 11. The predicted octanol–water partition coefficient (Wildman–Crippen LogP) is 7.13. The highest BCUT2D eigenvalue weighted by Gasteiger charge is 2.59. The number of ether oxygens (including phenoxy) is 5. The summed E-state index contributed by atoms with van der Waals surface area (Å²) >= 11 is 0. The largest absolute Gasteiger partial charge is 0.497 e. The van der Waals surface area contributed by atoms with Crippen molar-refractivity contribution in [2.75, 3.05) is 7.11 Å². The van der Waals surface area contributed by atoms with Gasteiger partial charge in [-0.15, -0.1) is 0 Å². The number of aliphatic hydroxyl groups excluding tert-OH is 1. The minimum atomic E-state index is -1.83. The van der Waals surface area contributed by atoms with Crippen LogP contribution in [0.5, 0.6) is 5.75 Å². The summed E-state index contributed by atoms with van der Waals surface area (Å²) in [6.07, 6.45) is -6.02. The number of esters is 1. The molecule has 8 atom stereocenters. The van der Waals surface area contributed by atoms with Crippen LogP contribution in [0.15, 0.2) is 118 Å². The normalized spacial score (nSPS) is 20.8. The van der Waals surface area contributed by atoms with Crippen LogP contribution in [0.2, 0.25) is 0 Å². The van der Waals surface area contributed by atoms with Crippen molar-refractivity contribution in [3.8, 4) is 5.75 Å². The molecular weight excluding hydrogens is 817 g/mol. The van der Waals surface area contributed by atoms with E-state index in [2.05, 4.69) is 66.9 Å². The molecule has 4 aromatic carbocycles. The summed E-state index contributed by atoms with van der Waals surface area (Å²) in [4.78, 5) is 47.0. The number of aromatic nitrogens is 2. The Bertz CT molecular complexity index is 2600. The number of aryl methyl sites for hydroxylation is 4. The van der Waals surface area contributed by atoms with Gasteiger partial charge in [-0.2, -0.15) is 0 Å². The second kappa shape index (κ2) is 19.4. The highest BCUT2D eigenvalue weighted by Crippen LogP contribution is 2.44. The van der Waals surface area contributed by atoms with Crippen LogP contribution in [0.25, 0.3) is 10.4 Å². The van der Waals surface area contributed by atoms with Crippen molar-refractivity contribution in [3.63, 3.8) is 0 Å². The van der Waals surface area contributed by atoms with E-state index in [9.17, 15) is 25.0 Å². The van der Waals surface area contributed by atoms with E-state index >= 15 is 0 Å². The predicted molar refractivity (Wildman–Crippen MR) is 240 cm³/mol. The number of azide groups is 1. The fourth-order valence-electron chi connectivity index (χ4n) is 8.87. The van der Waals surface area contributed by atoms with Crippen molar-refractivity contribution in [1.82, 2.24) is 14.0 Å². The van der Waals surface area contributed by atoms with E-state index in [0.717, 1.165) is 32.4 Å². The van der Waals surface area contributed by atoms with Crippen molar-refractivity contribution >= 4 is 5.97 Å². The topological polar surface area (TPSA) is 179 Å². The van der Waals surface area contributed by atoms with Gasteiger partial charge in [0.05, 0.1) is 13.7 Å². The van der Waals surface area contributed by atoms with Gasteiger partial charge in [-0.05, 0) is 105 Å². The Labute approximate surface area is 372 Å². The lowest BCUT2D eigenvalue weighted by molar-refractivity contribution is -0.210. The van der Waals surface area contributed by atoms with E-state index in [1.807, 2.05) is 49.4 Å². The molecule has 64 heavy (non-hydrogen) atoms. The van der Waals surface area contributed by atoms with Gasteiger partial charge in [0.1, 0.15) is 36.3 Å². The van der Waals surface area contributed by atoms with Gasteiger partial charge < -0.3 is 28.8 Å². The number of benzene rings is 4. The monoisotopic (exact) mass is 872 g/mol. The molecule has 2 fully saturated rings. The first kappa shape index (κ1) is 45.9. The summed E-state index contributed by atoms with van der Waals surface area (Å²) in [5.41, 5.74) is 16.8. The molecule has 7 rings (SSSR count). The molecule has 1 aromatic heterocycles. The fourth-order valence-corrected chi connectivity index (χ4v) is 8.87. The van der Waals surface area contributed by atoms with Crippen LogP contribution >= 0.6 is 0 Å². The Hall–Kier alpha value is -6.06. The van der Waals surface area contributed by atoms with Crippen molar-refractivity contribution < 1.29 is 33.6 Å². The Morgan fingerprint density at radius 1 is 0.906 bits per heavy atom. The molecule has 2 aliphatic rings. The molecule has 15 heteroatoms. The number of carbonyl (C=O) groups excluding carboxylic acids is 1. The van der Waals surface area contributed by atoms with Gasteiger partial charge in [-0.3, -0.25) is 23.6 Å². The van der Waals surface area contributed by atoms with Gasteiger partial charge in [0.2, 0.25) is 0 Å². The zero-order valence-corrected chi connectivity index (χ0v) is 37.5. The minimum Gasteiger partial charge on any atom is -0.497 e. The average Bonchev–Trinajstić information content (AvgIpc) is 3.77. The summed E-state index contributed by atoms with van der Waals surface area (Å²) in [6.45, 7) is 14.7. The third-order valence-electron chi connectivity index (χ3n) is 12.2. The Morgan fingerprint density at radius 3 is 2.22 bits per heavy atom. The standard InChI is InChI=1S/C49H56N6O9/c1-29-24-31(3)38(32(4)25-29)28-53(27-36-17-13-12-14-30(36)2)33(5)42(35-15-10-9-11-16-35)62-47(58)40(51-52-50)41(57)43-44-45(64-49(6,7)63-44)46(61-43)54-23-22-39(56)55(48(54)59)26-34-18-20-37(60-8)21-19-34/h9-25,33,40-46,57H,26-28H2,1-8H3/t33?,40-,41+,42?,43-,44-,45-,46-/m1/s1. The molecule has 1 N–H and O–H groups in total. The van der Waals surface area contributed by atoms with Crippen LogP contribution in [-0.4, -0.2) is 74.5 Å². The van der Waals surface area contributed by atoms with Crippen LogP contribution in [0.3, 0.4) is 0 Å². The third kappa shape index (κ3) is 9.85. The van der Waals surface area contributed by atoms with E-state index in [-0.39, 0.29) is 6.54 Å². The average molecular weight is 873 g/mol. The smallest absolute Gasteiger partial charge is 0.333 e. The van der Waals surface area contributed by atoms with E-state index in [1.165, 1.54) is 22.4 Å². The van der Waals surface area contributed by atoms with Crippen molar-refractivity contribution in [3.05, 3.63) is 179 Å². The lowest BCUT2D eigenvalue weighted by Gasteiger charge is -2.36. The second-order valence-electron chi connectivity index (χ2n) is 17.2. The number of nitrogens with zero attached hydrogens (tertiary/aromatic N) is 6. The van der Waals surface area contributed by atoms with Gasteiger partial charge in [0.25, 0.3) is 5.56 Å². The van der Waals surface area contributed by atoms with E-state index in [4.69, 9.17) is 23.7 Å². The molecule has 2 unspecified atom stereocenters. The maximum Gasteiger partial charge on any atom is 0.333 e. The van der Waals surface area contributed by atoms with Gasteiger partial charge in [0.15, 0.2) is 18.1 Å². The molecule has 0 radical (unpaired) electrons. The lowest BCUT2D eigenvalue weighted by atomic mass is 9.96. The molecule has 0 spiro atoms. The van der Waals surface area contributed by atoms with Gasteiger partial charge in [-0.1, -0.05) is 89.5 Å². The molecule has 5 aromatic rings. The zero-order chi connectivity index (χ0) is 45.9. The van der Waals surface area contributed by atoms with Crippen LogP contribution in [-0.2, 0) is 43.4 Å². The summed E-state index contributed by atoms with van der Waals surface area (Å²) in [5, 5.41) is 15.9. The molecule has 3 heterocycles. The second-order valence-corrected chi connectivity index (χ2v) is 17.2. The van der Waals surface area contributed by atoms with E-state index in [1.54, 1.807) is 45.2 Å². The molecular formula is C49H56N6O9. The van der Waals surface area contributed by atoms with Crippen molar-refractivity contribution in [1.29, 1.82) is 0 Å². The van der Waals surface area contributed by atoms with Crippen LogP contribution in [0, 0.1) is 27.7 Å². The highest BCUT2D eigenvalue weighted by atomic mass is 16.8. The van der Waals surface area contributed by atoms with Crippen LogP contribution in [0.1, 0.15) is 77.6 Å². The summed E-state index contributed by atoms with van der Waals surface area (Å²) < 4.78 is 32.8. The number of methoxy groups -OCH3 is 1.